The van der Waals surface area contributed by atoms with Crippen molar-refractivity contribution in [1.82, 2.24) is 0 Å². The summed E-state index contributed by atoms with van der Waals surface area (Å²) in [5.41, 5.74) is 1.59. The first-order valence-electron chi connectivity index (χ1n) is 4.37. The number of hydrogen-bond donors (Lipinski definition) is 1. The average Bonchev–Trinajstić information content (AvgIpc) is 2.43. The molecule has 0 spiro atoms. The molecule has 0 aliphatic heterocycles. The van der Waals surface area contributed by atoms with Gasteiger partial charge in [-0.15, -0.1) is 11.3 Å². The van der Waals surface area contributed by atoms with Gasteiger partial charge in [-0.3, -0.25) is 0 Å². The fourth-order valence-electron chi connectivity index (χ4n) is 2.13. The van der Waals surface area contributed by atoms with Crippen LogP contribution in [0.3, 0.4) is 0 Å². The highest BCUT2D eigenvalue weighted by Crippen LogP contribution is 2.64. The highest BCUT2D eigenvalue weighted by atomic mass is 79.9. The number of halogens is 1. The fraction of sp³-hybridized carbons (Fsp3) is 0.600. The predicted molar refractivity (Wildman–Crippen MR) is 59.2 cm³/mol. The second-order valence-electron chi connectivity index (χ2n) is 4.44. The molecule has 13 heavy (non-hydrogen) atoms. The van der Waals surface area contributed by atoms with Crippen LogP contribution in [0.5, 0.6) is 0 Å². The SMILES string of the molecule is CC1(C)CC1(CO)c1csc(Br)c1. The van der Waals surface area contributed by atoms with Gasteiger partial charge in [-0.1, -0.05) is 13.8 Å². The number of thiophene rings is 1. The standard InChI is InChI=1S/C10H13BrOS/c1-9(2)5-10(9,6-12)7-3-8(11)13-4-7/h3-4,12H,5-6H2,1-2H3. The van der Waals surface area contributed by atoms with Crippen LogP contribution < -0.4 is 0 Å². The van der Waals surface area contributed by atoms with E-state index >= 15 is 0 Å². The number of aliphatic hydroxyl groups is 1. The first-order chi connectivity index (χ1) is 6.02. The summed E-state index contributed by atoms with van der Waals surface area (Å²) in [4.78, 5) is 0. The molecule has 0 amide bonds. The Morgan fingerprint density at radius 1 is 1.62 bits per heavy atom. The van der Waals surface area contributed by atoms with E-state index in [1.807, 2.05) is 0 Å². The van der Waals surface area contributed by atoms with Gasteiger partial charge >= 0.3 is 0 Å². The van der Waals surface area contributed by atoms with Crippen LogP contribution in [0.1, 0.15) is 25.8 Å². The summed E-state index contributed by atoms with van der Waals surface area (Å²) in [5, 5.41) is 11.6. The minimum atomic E-state index is 0.0372. The van der Waals surface area contributed by atoms with E-state index in [2.05, 4.69) is 41.2 Å². The van der Waals surface area contributed by atoms with Gasteiger partial charge < -0.3 is 5.11 Å². The van der Waals surface area contributed by atoms with Gasteiger partial charge in [0.05, 0.1) is 10.4 Å². The molecular weight excluding hydrogens is 248 g/mol. The molecule has 1 unspecified atom stereocenters. The molecule has 1 nitrogen and oxygen atoms in total. The zero-order valence-corrected chi connectivity index (χ0v) is 10.2. The number of rotatable bonds is 2. The van der Waals surface area contributed by atoms with Crippen molar-refractivity contribution in [3.8, 4) is 0 Å². The average molecular weight is 261 g/mol. The lowest BCUT2D eigenvalue weighted by Crippen LogP contribution is -2.18. The molecule has 72 valence electrons. The molecule has 1 atom stereocenters. The largest absolute Gasteiger partial charge is 0.395 e. The third-order valence-electron chi connectivity index (χ3n) is 3.30. The van der Waals surface area contributed by atoms with Crippen LogP contribution in [-0.4, -0.2) is 11.7 Å². The summed E-state index contributed by atoms with van der Waals surface area (Å²) in [6, 6.07) is 2.13. The minimum Gasteiger partial charge on any atom is -0.395 e. The lowest BCUT2D eigenvalue weighted by Gasteiger charge is -2.15. The zero-order valence-electron chi connectivity index (χ0n) is 7.80. The van der Waals surface area contributed by atoms with E-state index in [9.17, 15) is 5.11 Å². The summed E-state index contributed by atoms with van der Waals surface area (Å²) < 4.78 is 1.15. The molecule has 3 heteroatoms. The molecule has 1 aromatic rings. The molecule has 0 bridgehead atoms. The Labute approximate surface area is 90.9 Å². The quantitative estimate of drug-likeness (QED) is 0.867. The Kier molecular flexibility index (Phi) is 2.10. The van der Waals surface area contributed by atoms with Crippen molar-refractivity contribution in [2.45, 2.75) is 25.7 Å². The van der Waals surface area contributed by atoms with Gasteiger partial charge in [-0.05, 0) is 44.8 Å². The van der Waals surface area contributed by atoms with E-state index in [1.165, 1.54) is 5.56 Å². The molecule has 1 aliphatic carbocycles. The lowest BCUT2D eigenvalue weighted by molar-refractivity contribution is 0.231. The van der Waals surface area contributed by atoms with E-state index in [0.717, 1.165) is 10.2 Å². The third kappa shape index (κ3) is 1.29. The van der Waals surface area contributed by atoms with Crippen molar-refractivity contribution in [1.29, 1.82) is 0 Å². The molecule has 1 aliphatic rings. The summed E-state index contributed by atoms with van der Waals surface area (Å²) in [5.74, 6) is 0. The van der Waals surface area contributed by atoms with E-state index in [4.69, 9.17) is 0 Å². The maximum Gasteiger partial charge on any atom is 0.0701 e. The molecular formula is C10H13BrOS. The first-order valence-corrected chi connectivity index (χ1v) is 6.04. The Morgan fingerprint density at radius 3 is 2.54 bits per heavy atom. The topological polar surface area (TPSA) is 20.2 Å². The maximum absolute atomic E-state index is 9.44. The minimum absolute atomic E-state index is 0.0372. The van der Waals surface area contributed by atoms with Gasteiger partial charge in [0.25, 0.3) is 0 Å². The van der Waals surface area contributed by atoms with Crippen LogP contribution in [0.2, 0.25) is 0 Å². The predicted octanol–water partition coefficient (Wildman–Crippen LogP) is 3.17. The van der Waals surface area contributed by atoms with Gasteiger partial charge in [-0.2, -0.15) is 0 Å². The van der Waals surface area contributed by atoms with Crippen LogP contribution in [-0.2, 0) is 5.41 Å². The van der Waals surface area contributed by atoms with E-state index in [0.29, 0.717) is 0 Å². The van der Waals surface area contributed by atoms with E-state index in [-0.39, 0.29) is 17.4 Å². The molecule has 1 fully saturated rings. The van der Waals surface area contributed by atoms with Crippen molar-refractivity contribution in [3.05, 3.63) is 20.8 Å². The second-order valence-corrected chi connectivity index (χ2v) is 6.73. The number of hydrogen-bond acceptors (Lipinski definition) is 2. The molecule has 1 saturated carbocycles. The molecule has 0 radical (unpaired) electrons. The smallest absolute Gasteiger partial charge is 0.0701 e. The normalized spacial score (nSPS) is 30.5. The Hall–Kier alpha value is 0.140. The Bertz CT molecular complexity index is 331. The third-order valence-corrected chi connectivity index (χ3v) is 4.81. The van der Waals surface area contributed by atoms with E-state index < -0.39 is 0 Å². The van der Waals surface area contributed by atoms with Gasteiger partial charge in [-0.25, -0.2) is 0 Å². The Morgan fingerprint density at radius 2 is 2.23 bits per heavy atom. The van der Waals surface area contributed by atoms with Crippen molar-refractivity contribution in [2.24, 2.45) is 5.41 Å². The maximum atomic E-state index is 9.44. The molecule has 2 rings (SSSR count). The van der Waals surface area contributed by atoms with Crippen molar-refractivity contribution in [2.75, 3.05) is 6.61 Å². The highest BCUT2D eigenvalue weighted by molar-refractivity contribution is 9.11. The van der Waals surface area contributed by atoms with Crippen molar-refractivity contribution in [3.63, 3.8) is 0 Å². The zero-order chi connectivity index (χ0) is 9.69. The van der Waals surface area contributed by atoms with Crippen LogP contribution in [0.4, 0.5) is 0 Å². The second kappa shape index (κ2) is 2.81. The summed E-state index contributed by atoms with van der Waals surface area (Å²) >= 11 is 5.15. The van der Waals surface area contributed by atoms with Crippen LogP contribution >= 0.6 is 27.3 Å². The van der Waals surface area contributed by atoms with Crippen molar-refractivity contribution >= 4 is 27.3 Å². The summed E-state index contributed by atoms with van der Waals surface area (Å²) in [7, 11) is 0. The van der Waals surface area contributed by atoms with Crippen LogP contribution in [0, 0.1) is 5.41 Å². The van der Waals surface area contributed by atoms with E-state index in [1.54, 1.807) is 11.3 Å². The van der Waals surface area contributed by atoms with Gasteiger partial charge in [0.2, 0.25) is 0 Å². The summed E-state index contributed by atoms with van der Waals surface area (Å²) in [6.45, 7) is 4.70. The molecule has 1 heterocycles. The van der Waals surface area contributed by atoms with Gasteiger partial charge in [0.15, 0.2) is 0 Å². The molecule has 0 aromatic carbocycles. The fourth-order valence-corrected chi connectivity index (χ4v) is 3.38. The van der Waals surface area contributed by atoms with Gasteiger partial charge in [0.1, 0.15) is 0 Å². The first kappa shape index (κ1) is 9.69. The van der Waals surface area contributed by atoms with Crippen molar-refractivity contribution < 1.29 is 5.11 Å². The molecule has 0 saturated heterocycles. The van der Waals surface area contributed by atoms with Crippen LogP contribution in [0.15, 0.2) is 15.2 Å². The summed E-state index contributed by atoms with van der Waals surface area (Å²) in [6.07, 6.45) is 1.10. The number of aliphatic hydroxyl groups excluding tert-OH is 1. The Balaban J connectivity index is 2.35. The molecule has 1 N–H and O–H groups in total. The lowest BCUT2D eigenvalue weighted by atomic mass is 9.91. The van der Waals surface area contributed by atoms with Crippen LogP contribution in [0.25, 0.3) is 0 Å². The monoisotopic (exact) mass is 260 g/mol. The van der Waals surface area contributed by atoms with Gasteiger partial charge in [0, 0.05) is 5.41 Å². The highest BCUT2D eigenvalue weighted by Gasteiger charge is 2.61. The molecule has 1 aromatic heterocycles.